The first-order valence-corrected chi connectivity index (χ1v) is 4.99. The summed E-state index contributed by atoms with van der Waals surface area (Å²) in [5.74, 6) is -2.76. The third-order valence-electron chi connectivity index (χ3n) is 2.68. The molecule has 2 N–H and O–H groups in total. The van der Waals surface area contributed by atoms with E-state index in [2.05, 4.69) is 5.32 Å². The molecule has 2 fully saturated rings. The fourth-order valence-electron chi connectivity index (χ4n) is 1.81. The molecule has 0 aliphatic carbocycles. The van der Waals surface area contributed by atoms with Gasteiger partial charge in [0.25, 0.3) is 0 Å². The SMILES string of the molecule is C1CNC2(C1)CCOC2.O=C(O)C(F)(F)F. The second kappa shape index (κ2) is 5.01. The lowest BCUT2D eigenvalue weighted by Crippen LogP contribution is -2.39. The molecule has 4 nitrogen and oxygen atoms in total. The summed E-state index contributed by atoms with van der Waals surface area (Å²) < 4.78 is 37.1. The average molecular weight is 241 g/mol. The molecular formula is C9H14F3NO3. The first-order chi connectivity index (χ1) is 7.36. The number of hydrogen-bond acceptors (Lipinski definition) is 3. The van der Waals surface area contributed by atoms with Crippen LogP contribution in [0.3, 0.4) is 0 Å². The number of carbonyl (C=O) groups is 1. The zero-order chi connectivity index (χ0) is 12.2. The predicted molar refractivity (Wildman–Crippen MR) is 49.1 cm³/mol. The maximum atomic E-state index is 10.6. The monoisotopic (exact) mass is 241 g/mol. The molecule has 1 atom stereocenters. The molecule has 0 aromatic heterocycles. The molecule has 1 unspecified atom stereocenters. The third kappa shape index (κ3) is 3.64. The van der Waals surface area contributed by atoms with E-state index in [0.29, 0.717) is 5.54 Å². The van der Waals surface area contributed by atoms with Crippen LogP contribution in [-0.4, -0.2) is 42.5 Å². The fraction of sp³-hybridized carbons (Fsp3) is 0.889. The van der Waals surface area contributed by atoms with Gasteiger partial charge in [-0.1, -0.05) is 0 Å². The van der Waals surface area contributed by atoms with Crippen molar-refractivity contribution in [2.45, 2.75) is 31.0 Å². The van der Waals surface area contributed by atoms with Crippen molar-refractivity contribution in [3.05, 3.63) is 0 Å². The standard InChI is InChI=1S/C7H13NO.C2HF3O2/c1-2-7(8-4-1)3-5-9-6-7;3-2(4,5)1(6)7/h8H,1-6H2;(H,6,7). The van der Waals surface area contributed by atoms with E-state index in [9.17, 15) is 13.2 Å². The Balaban J connectivity index is 0.000000168. The predicted octanol–water partition coefficient (Wildman–Crippen LogP) is 1.16. The number of nitrogens with one attached hydrogen (secondary N) is 1. The van der Waals surface area contributed by atoms with Crippen LogP contribution in [0.25, 0.3) is 0 Å². The summed E-state index contributed by atoms with van der Waals surface area (Å²) in [6.07, 6.45) is -1.19. The Morgan fingerprint density at radius 1 is 1.38 bits per heavy atom. The maximum absolute atomic E-state index is 10.6. The van der Waals surface area contributed by atoms with Gasteiger partial charge in [-0.05, 0) is 25.8 Å². The van der Waals surface area contributed by atoms with Gasteiger partial charge in [0.15, 0.2) is 0 Å². The lowest BCUT2D eigenvalue weighted by molar-refractivity contribution is -0.192. The molecule has 2 aliphatic heterocycles. The number of carboxylic acid groups (broad SMARTS) is 1. The van der Waals surface area contributed by atoms with Gasteiger partial charge in [0.05, 0.1) is 6.61 Å². The van der Waals surface area contributed by atoms with E-state index >= 15 is 0 Å². The van der Waals surface area contributed by atoms with Crippen molar-refractivity contribution in [1.29, 1.82) is 0 Å². The second-order valence-corrected chi connectivity index (χ2v) is 3.92. The van der Waals surface area contributed by atoms with Gasteiger partial charge in [0.1, 0.15) is 0 Å². The van der Waals surface area contributed by atoms with Gasteiger partial charge in [-0.15, -0.1) is 0 Å². The van der Waals surface area contributed by atoms with E-state index < -0.39 is 12.1 Å². The highest BCUT2D eigenvalue weighted by molar-refractivity contribution is 5.73. The Bertz CT molecular complexity index is 225. The molecule has 0 aromatic carbocycles. The first kappa shape index (κ1) is 13.2. The smallest absolute Gasteiger partial charge is 0.475 e. The van der Waals surface area contributed by atoms with Gasteiger partial charge < -0.3 is 15.2 Å². The Morgan fingerprint density at radius 3 is 2.31 bits per heavy atom. The van der Waals surface area contributed by atoms with Gasteiger partial charge in [-0.2, -0.15) is 13.2 Å². The van der Waals surface area contributed by atoms with Gasteiger partial charge in [-0.3, -0.25) is 0 Å². The van der Waals surface area contributed by atoms with E-state index in [-0.39, 0.29) is 0 Å². The minimum Gasteiger partial charge on any atom is -0.475 e. The lowest BCUT2D eigenvalue weighted by Gasteiger charge is -2.19. The largest absolute Gasteiger partial charge is 0.490 e. The molecule has 2 saturated heterocycles. The van der Waals surface area contributed by atoms with Crippen LogP contribution in [0.2, 0.25) is 0 Å². The first-order valence-electron chi connectivity index (χ1n) is 4.99. The number of aliphatic carboxylic acids is 1. The molecule has 2 heterocycles. The van der Waals surface area contributed by atoms with Crippen LogP contribution in [-0.2, 0) is 9.53 Å². The summed E-state index contributed by atoms with van der Waals surface area (Å²) in [5, 5.41) is 10.6. The number of rotatable bonds is 0. The molecule has 0 saturated carbocycles. The highest BCUT2D eigenvalue weighted by Crippen LogP contribution is 2.27. The van der Waals surface area contributed by atoms with Crippen LogP contribution in [0.4, 0.5) is 13.2 Å². The molecule has 0 radical (unpaired) electrons. The Labute approximate surface area is 90.8 Å². The number of hydrogen-bond donors (Lipinski definition) is 2. The van der Waals surface area contributed by atoms with E-state index in [0.717, 1.165) is 13.2 Å². The minimum atomic E-state index is -5.08. The van der Waals surface area contributed by atoms with Crippen molar-refractivity contribution < 1.29 is 27.8 Å². The molecule has 2 aliphatic rings. The van der Waals surface area contributed by atoms with Crippen molar-refractivity contribution in [2.75, 3.05) is 19.8 Å². The number of alkyl halides is 3. The molecule has 0 amide bonds. The molecular weight excluding hydrogens is 227 g/mol. The maximum Gasteiger partial charge on any atom is 0.490 e. The molecule has 0 aromatic rings. The van der Waals surface area contributed by atoms with Crippen LogP contribution >= 0.6 is 0 Å². The topological polar surface area (TPSA) is 58.6 Å². The Kier molecular flexibility index (Phi) is 4.15. The summed E-state index contributed by atoms with van der Waals surface area (Å²) in [6, 6.07) is 0. The van der Waals surface area contributed by atoms with Crippen molar-refractivity contribution in [3.63, 3.8) is 0 Å². The van der Waals surface area contributed by atoms with E-state index in [1.165, 1.54) is 25.8 Å². The number of carboxylic acids is 1. The highest BCUT2D eigenvalue weighted by Gasteiger charge is 2.38. The minimum absolute atomic E-state index is 0.417. The quantitative estimate of drug-likeness (QED) is 0.668. The van der Waals surface area contributed by atoms with Gasteiger partial charge >= 0.3 is 12.1 Å². The van der Waals surface area contributed by atoms with Crippen LogP contribution in [0, 0.1) is 0 Å². The van der Waals surface area contributed by atoms with Crippen LogP contribution in [0.15, 0.2) is 0 Å². The molecule has 2 rings (SSSR count). The van der Waals surface area contributed by atoms with E-state index in [1.807, 2.05) is 0 Å². The molecule has 0 bridgehead atoms. The Morgan fingerprint density at radius 2 is 2.00 bits per heavy atom. The molecule has 16 heavy (non-hydrogen) atoms. The summed E-state index contributed by atoms with van der Waals surface area (Å²) in [5.41, 5.74) is 0.417. The van der Waals surface area contributed by atoms with Crippen LogP contribution in [0.1, 0.15) is 19.3 Å². The lowest BCUT2D eigenvalue weighted by atomic mass is 9.97. The summed E-state index contributed by atoms with van der Waals surface area (Å²) in [4.78, 5) is 8.90. The van der Waals surface area contributed by atoms with Gasteiger partial charge in [-0.25, -0.2) is 4.79 Å². The van der Waals surface area contributed by atoms with E-state index in [4.69, 9.17) is 14.6 Å². The summed E-state index contributed by atoms with van der Waals surface area (Å²) >= 11 is 0. The van der Waals surface area contributed by atoms with Gasteiger partial charge in [0, 0.05) is 12.1 Å². The zero-order valence-corrected chi connectivity index (χ0v) is 8.64. The van der Waals surface area contributed by atoms with Crippen LogP contribution in [0.5, 0.6) is 0 Å². The second-order valence-electron chi connectivity index (χ2n) is 3.92. The van der Waals surface area contributed by atoms with Crippen molar-refractivity contribution in [2.24, 2.45) is 0 Å². The normalized spacial score (nSPS) is 28.9. The van der Waals surface area contributed by atoms with Crippen molar-refractivity contribution >= 4 is 5.97 Å². The molecule has 7 heteroatoms. The summed E-state index contributed by atoms with van der Waals surface area (Å²) in [7, 11) is 0. The van der Waals surface area contributed by atoms with Crippen molar-refractivity contribution in [3.8, 4) is 0 Å². The number of halogens is 3. The molecule has 1 spiro atoms. The fourth-order valence-corrected chi connectivity index (χ4v) is 1.81. The van der Waals surface area contributed by atoms with Crippen LogP contribution < -0.4 is 5.32 Å². The highest BCUT2D eigenvalue weighted by atomic mass is 19.4. The molecule has 94 valence electrons. The van der Waals surface area contributed by atoms with E-state index in [1.54, 1.807) is 0 Å². The Hall–Kier alpha value is -0.820. The average Bonchev–Trinajstić information content (AvgIpc) is 2.79. The van der Waals surface area contributed by atoms with Crippen molar-refractivity contribution in [1.82, 2.24) is 5.32 Å². The third-order valence-corrected chi connectivity index (χ3v) is 2.68. The summed E-state index contributed by atoms with van der Waals surface area (Å²) in [6.45, 7) is 3.11. The number of ether oxygens (including phenoxy) is 1. The van der Waals surface area contributed by atoms with Gasteiger partial charge in [0.2, 0.25) is 0 Å². The zero-order valence-electron chi connectivity index (χ0n) is 8.64.